The molecular formula is C9H15ClN2O2. The molecule has 0 bridgehead atoms. The van der Waals surface area contributed by atoms with Gasteiger partial charge in [-0.2, -0.15) is 0 Å². The maximum atomic E-state index is 5.54. The Morgan fingerprint density at radius 1 is 1.29 bits per heavy atom. The van der Waals surface area contributed by atoms with E-state index in [1.165, 1.54) is 0 Å². The molecule has 0 aromatic carbocycles. The van der Waals surface area contributed by atoms with Gasteiger partial charge in [0.25, 0.3) is 0 Å². The minimum atomic E-state index is 0.514. The molecule has 1 heterocycles. The molecule has 1 rings (SSSR count). The van der Waals surface area contributed by atoms with E-state index in [0.717, 1.165) is 26.1 Å². The van der Waals surface area contributed by atoms with Gasteiger partial charge in [0.2, 0.25) is 11.8 Å². The summed E-state index contributed by atoms with van der Waals surface area (Å²) >= 11 is 5.54. The lowest BCUT2D eigenvalue weighted by atomic mass is 10.3. The van der Waals surface area contributed by atoms with E-state index >= 15 is 0 Å². The van der Waals surface area contributed by atoms with Crippen molar-refractivity contribution >= 4 is 11.6 Å². The second-order valence-corrected chi connectivity index (χ2v) is 3.21. The summed E-state index contributed by atoms with van der Waals surface area (Å²) < 4.78 is 10.5. The molecule has 0 unspecified atom stereocenters. The summed E-state index contributed by atoms with van der Waals surface area (Å²) in [5, 5.41) is 7.76. The summed E-state index contributed by atoms with van der Waals surface area (Å²) in [6.07, 6.45) is 2.33. The molecule has 0 spiro atoms. The van der Waals surface area contributed by atoms with E-state index < -0.39 is 0 Å². The Morgan fingerprint density at radius 2 is 2.00 bits per heavy atom. The van der Waals surface area contributed by atoms with E-state index in [1.54, 1.807) is 0 Å². The number of alkyl halides is 1. The molecule has 0 N–H and O–H groups in total. The molecule has 14 heavy (non-hydrogen) atoms. The Kier molecular flexibility index (Phi) is 5.56. The fourth-order valence-electron chi connectivity index (χ4n) is 1.04. The second-order valence-electron chi connectivity index (χ2n) is 2.83. The van der Waals surface area contributed by atoms with Crippen LogP contribution in [0.1, 0.15) is 25.1 Å². The zero-order valence-corrected chi connectivity index (χ0v) is 9.09. The van der Waals surface area contributed by atoms with Gasteiger partial charge in [-0.1, -0.05) is 0 Å². The highest BCUT2D eigenvalue weighted by atomic mass is 35.5. The average molecular weight is 219 g/mol. The number of aryl methyl sites for hydroxylation is 2. The van der Waals surface area contributed by atoms with Crippen LogP contribution in [0.2, 0.25) is 0 Å². The van der Waals surface area contributed by atoms with Crippen LogP contribution in [0.15, 0.2) is 4.42 Å². The van der Waals surface area contributed by atoms with Crippen LogP contribution in [0.3, 0.4) is 0 Å². The molecule has 1 aromatic heterocycles. The number of halogens is 1. The zero-order chi connectivity index (χ0) is 10.2. The molecule has 5 heteroatoms. The summed E-state index contributed by atoms with van der Waals surface area (Å²) in [5.74, 6) is 1.80. The SMILES string of the molecule is CCOCCCc1nnc(CCCl)o1. The maximum Gasteiger partial charge on any atom is 0.217 e. The fraction of sp³-hybridized carbons (Fsp3) is 0.778. The lowest BCUT2D eigenvalue weighted by molar-refractivity contribution is 0.143. The Morgan fingerprint density at radius 3 is 2.64 bits per heavy atom. The van der Waals surface area contributed by atoms with E-state index in [9.17, 15) is 0 Å². The third-order valence-electron chi connectivity index (χ3n) is 1.70. The third-order valence-corrected chi connectivity index (χ3v) is 1.89. The first kappa shape index (κ1) is 11.5. The van der Waals surface area contributed by atoms with E-state index in [2.05, 4.69) is 10.2 Å². The van der Waals surface area contributed by atoms with Crippen LogP contribution in [-0.4, -0.2) is 29.3 Å². The molecular weight excluding hydrogens is 204 g/mol. The van der Waals surface area contributed by atoms with Gasteiger partial charge in [-0.05, 0) is 13.3 Å². The normalized spacial score (nSPS) is 10.7. The molecule has 0 aliphatic rings. The van der Waals surface area contributed by atoms with Crippen LogP contribution < -0.4 is 0 Å². The quantitative estimate of drug-likeness (QED) is 0.518. The molecule has 0 radical (unpaired) electrons. The van der Waals surface area contributed by atoms with Crippen molar-refractivity contribution < 1.29 is 9.15 Å². The van der Waals surface area contributed by atoms with Gasteiger partial charge in [-0.25, -0.2) is 0 Å². The average Bonchev–Trinajstić information content (AvgIpc) is 2.61. The minimum absolute atomic E-state index is 0.514. The topological polar surface area (TPSA) is 48.2 Å². The van der Waals surface area contributed by atoms with Crippen molar-refractivity contribution in [2.75, 3.05) is 19.1 Å². The summed E-state index contributed by atoms with van der Waals surface area (Å²) in [6.45, 7) is 3.47. The lowest BCUT2D eigenvalue weighted by Gasteiger charge is -1.97. The molecule has 0 aliphatic heterocycles. The van der Waals surface area contributed by atoms with Crippen LogP contribution >= 0.6 is 11.6 Å². The molecule has 4 nitrogen and oxygen atoms in total. The van der Waals surface area contributed by atoms with Crippen molar-refractivity contribution in [1.82, 2.24) is 10.2 Å². The number of nitrogens with zero attached hydrogens (tertiary/aromatic N) is 2. The van der Waals surface area contributed by atoms with Crippen molar-refractivity contribution in [3.8, 4) is 0 Å². The number of aromatic nitrogens is 2. The van der Waals surface area contributed by atoms with Crippen LogP contribution in [-0.2, 0) is 17.6 Å². The molecule has 1 aromatic rings. The standard InChI is InChI=1S/C9H15ClN2O2/c1-2-13-7-3-4-8-11-12-9(14-8)5-6-10/h2-7H2,1H3. The highest BCUT2D eigenvalue weighted by Crippen LogP contribution is 2.04. The fourth-order valence-corrected chi connectivity index (χ4v) is 1.20. The minimum Gasteiger partial charge on any atom is -0.425 e. The van der Waals surface area contributed by atoms with E-state index in [4.69, 9.17) is 20.8 Å². The molecule has 0 atom stereocenters. The van der Waals surface area contributed by atoms with E-state index in [0.29, 0.717) is 24.1 Å². The van der Waals surface area contributed by atoms with Crippen molar-refractivity contribution in [3.63, 3.8) is 0 Å². The molecule has 80 valence electrons. The number of rotatable bonds is 7. The van der Waals surface area contributed by atoms with Gasteiger partial charge in [0, 0.05) is 31.9 Å². The van der Waals surface area contributed by atoms with Crippen LogP contribution in [0.25, 0.3) is 0 Å². The smallest absolute Gasteiger partial charge is 0.217 e. The van der Waals surface area contributed by atoms with Gasteiger partial charge >= 0.3 is 0 Å². The molecule has 0 amide bonds. The van der Waals surface area contributed by atoms with Crippen molar-refractivity contribution in [2.24, 2.45) is 0 Å². The molecule has 0 aliphatic carbocycles. The van der Waals surface area contributed by atoms with Crippen LogP contribution in [0, 0.1) is 0 Å². The maximum absolute atomic E-state index is 5.54. The van der Waals surface area contributed by atoms with Gasteiger partial charge < -0.3 is 9.15 Å². The lowest BCUT2D eigenvalue weighted by Crippen LogP contribution is -1.95. The third kappa shape index (κ3) is 4.07. The van der Waals surface area contributed by atoms with Crippen LogP contribution in [0.5, 0.6) is 0 Å². The van der Waals surface area contributed by atoms with Crippen LogP contribution in [0.4, 0.5) is 0 Å². The van der Waals surface area contributed by atoms with Gasteiger partial charge in [0.1, 0.15) is 0 Å². The predicted molar refractivity (Wildman–Crippen MR) is 53.5 cm³/mol. The van der Waals surface area contributed by atoms with Crippen molar-refractivity contribution in [1.29, 1.82) is 0 Å². The van der Waals surface area contributed by atoms with Crippen molar-refractivity contribution in [2.45, 2.75) is 26.2 Å². The summed E-state index contributed by atoms with van der Waals surface area (Å²) in [4.78, 5) is 0. The summed E-state index contributed by atoms with van der Waals surface area (Å²) in [7, 11) is 0. The number of hydrogen-bond acceptors (Lipinski definition) is 4. The van der Waals surface area contributed by atoms with Gasteiger partial charge in [-0.3, -0.25) is 0 Å². The molecule has 0 saturated heterocycles. The Hall–Kier alpha value is -0.610. The van der Waals surface area contributed by atoms with Gasteiger partial charge in [0.05, 0.1) is 0 Å². The van der Waals surface area contributed by atoms with E-state index in [-0.39, 0.29) is 0 Å². The zero-order valence-electron chi connectivity index (χ0n) is 8.33. The highest BCUT2D eigenvalue weighted by Gasteiger charge is 2.04. The van der Waals surface area contributed by atoms with Gasteiger partial charge in [-0.15, -0.1) is 21.8 Å². The first-order chi connectivity index (χ1) is 6.86. The Labute approximate surface area is 88.6 Å². The molecule has 0 saturated carbocycles. The number of ether oxygens (including phenoxy) is 1. The molecule has 0 fully saturated rings. The largest absolute Gasteiger partial charge is 0.425 e. The number of hydrogen-bond donors (Lipinski definition) is 0. The second kappa shape index (κ2) is 6.79. The van der Waals surface area contributed by atoms with E-state index in [1.807, 2.05) is 6.92 Å². The Balaban J connectivity index is 2.22. The monoisotopic (exact) mass is 218 g/mol. The first-order valence-electron chi connectivity index (χ1n) is 4.81. The summed E-state index contributed by atoms with van der Waals surface area (Å²) in [6, 6.07) is 0. The predicted octanol–water partition coefficient (Wildman–Crippen LogP) is 1.82. The summed E-state index contributed by atoms with van der Waals surface area (Å²) in [5.41, 5.74) is 0. The van der Waals surface area contributed by atoms with Gasteiger partial charge in [0.15, 0.2) is 0 Å². The Bertz CT molecular complexity index is 253. The highest BCUT2D eigenvalue weighted by molar-refractivity contribution is 6.17. The van der Waals surface area contributed by atoms with Crippen molar-refractivity contribution in [3.05, 3.63) is 11.8 Å². The first-order valence-corrected chi connectivity index (χ1v) is 5.35.